The van der Waals surface area contributed by atoms with E-state index in [1.165, 1.54) is 92.7 Å². The summed E-state index contributed by atoms with van der Waals surface area (Å²) in [6, 6.07) is 61.8. The molecule has 0 N–H and O–H groups in total. The van der Waals surface area contributed by atoms with Crippen LogP contribution in [0, 0.1) is 11.8 Å². The molecule has 2 fully saturated rings. The van der Waals surface area contributed by atoms with E-state index in [1.54, 1.807) is 11.1 Å². The second-order valence-electron chi connectivity index (χ2n) is 16.9. The fraction of sp³-hybridized carbons (Fsp3) is 0.208. The maximum atomic E-state index is 2.56. The Hall–Kier alpha value is -5.66. The number of hydrogen-bond donors (Lipinski definition) is 0. The number of hydrogen-bond acceptors (Lipinski definition) is 1. The zero-order valence-corrected chi connectivity index (χ0v) is 31.2. The van der Waals surface area contributed by atoms with Crippen LogP contribution in [0.1, 0.15) is 73.6 Å². The van der Waals surface area contributed by atoms with Crippen LogP contribution in [-0.2, 0) is 5.41 Å². The monoisotopic (exact) mass is 695 g/mol. The third-order valence-corrected chi connectivity index (χ3v) is 13.7. The molecule has 0 heterocycles. The molecule has 0 amide bonds. The second kappa shape index (κ2) is 12.2. The van der Waals surface area contributed by atoms with Crippen molar-refractivity contribution in [2.24, 2.45) is 11.8 Å². The van der Waals surface area contributed by atoms with E-state index in [0.29, 0.717) is 5.92 Å². The molecule has 4 aliphatic carbocycles. The van der Waals surface area contributed by atoms with Crippen LogP contribution < -0.4 is 4.90 Å². The molecule has 262 valence electrons. The first kappa shape index (κ1) is 31.8. The fourth-order valence-electron chi connectivity index (χ4n) is 11.2. The minimum atomic E-state index is -0.0833. The van der Waals surface area contributed by atoms with Crippen molar-refractivity contribution in [1.82, 2.24) is 0 Å². The number of benzene rings is 7. The van der Waals surface area contributed by atoms with Crippen molar-refractivity contribution in [2.75, 3.05) is 4.90 Å². The molecule has 0 aromatic heterocycles. The van der Waals surface area contributed by atoms with Gasteiger partial charge in [-0.25, -0.2) is 0 Å². The van der Waals surface area contributed by atoms with E-state index in [9.17, 15) is 0 Å². The molecule has 3 bridgehead atoms. The summed E-state index contributed by atoms with van der Waals surface area (Å²) in [4.78, 5) is 2.47. The predicted octanol–water partition coefficient (Wildman–Crippen LogP) is 14.5. The third-order valence-electron chi connectivity index (χ3n) is 13.7. The van der Waals surface area contributed by atoms with E-state index >= 15 is 0 Å². The van der Waals surface area contributed by atoms with Gasteiger partial charge in [0.25, 0.3) is 0 Å². The number of rotatable bonds is 5. The summed E-state index contributed by atoms with van der Waals surface area (Å²) >= 11 is 0. The lowest BCUT2D eigenvalue weighted by atomic mass is 9.70. The van der Waals surface area contributed by atoms with Gasteiger partial charge >= 0.3 is 0 Å². The molecule has 0 aliphatic heterocycles. The topological polar surface area (TPSA) is 3.24 Å². The van der Waals surface area contributed by atoms with Crippen molar-refractivity contribution in [3.63, 3.8) is 0 Å². The van der Waals surface area contributed by atoms with Crippen LogP contribution >= 0.6 is 0 Å². The summed E-state index contributed by atoms with van der Waals surface area (Å²) in [5.74, 6) is 3.08. The minimum Gasteiger partial charge on any atom is -0.310 e. The first-order valence-corrected chi connectivity index (χ1v) is 20.0. The van der Waals surface area contributed by atoms with Crippen LogP contribution in [0.25, 0.3) is 44.5 Å². The highest BCUT2D eigenvalue weighted by Crippen LogP contribution is 2.59. The van der Waals surface area contributed by atoms with Gasteiger partial charge in [-0.05, 0) is 141 Å². The molecule has 1 nitrogen and oxygen atoms in total. The average molecular weight is 696 g/mol. The molecule has 0 spiro atoms. The van der Waals surface area contributed by atoms with Gasteiger partial charge in [0, 0.05) is 22.4 Å². The Labute approximate surface area is 320 Å². The van der Waals surface area contributed by atoms with Crippen molar-refractivity contribution >= 4 is 17.1 Å². The molecule has 1 heteroatoms. The molecule has 4 atom stereocenters. The van der Waals surface area contributed by atoms with Gasteiger partial charge in [-0.3, -0.25) is 0 Å². The lowest BCUT2D eigenvalue weighted by molar-refractivity contribution is 0.312. The standard InChI is InChI=1S/C53H45N/c1-53(2)50-18-10-8-17-46(50)47-27-25-41(33-51(47)53)54(52-19-11-9-14-42(52)36-12-4-3-5-13-36)40-23-20-35(21-24-40)37-22-26-45-43-15-6-7-16-44(43)48-30-34-28-38(48)31-39(29-34)49(45)32-37/h3-27,32-34,38-39,48H,28-31H2,1-2H3. The van der Waals surface area contributed by atoms with E-state index in [4.69, 9.17) is 0 Å². The van der Waals surface area contributed by atoms with Gasteiger partial charge in [0.2, 0.25) is 0 Å². The van der Waals surface area contributed by atoms with E-state index in [0.717, 1.165) is 23.4 Å². The van der Waals surface area contributed by atoms with Crippen LogP contribution in [0.2, 0.25) is 0 Å². The van der Waals surface area contributed by atoms with E-state index in [1.807, 2.05) is 0 Å². The summed E-state index contributed by atoms with van der Waals surface area (Å²) in [5.41, 5.74) is 20.0. The molecule has 0 saturated heterocycles. The molecule has 7 aromatic carbocycles. The van der Waals surface area contributed by atoms with Crippen molar-refractivity contribution in [3.05, 3.63) is 186 Å². The number of anilines is 3. The molecule has 11 rings (SSSR count). The number of fused-ring (bicyclic) bond motifs is 10. The Balaban J connectivity index is 1.03. The normalized spacial score (nSPS) is 21.0. The van der Waals surface area contributed by atoms with Gasteiger partial charge in [-0.15, -0.1) is 0 Å². The first-order chi connectivity index (χ1) is 26.5. The predicted molar refractivity (Wildman–Crippen MR) is 226 cm³/mol. The van der Waals surface area contributed by atoms with Crippen molar-refractivity contribution in [3.8, 4) is 44.5 Å². The number of para-hydroxylation sites is 1. The Kier molecular flexibility index (Phi) is 7.18. The van der Waals surface area contributed by atoms with Crippen molar-refractivity contribution in [2.45, 2.75) is 56.8 Å². The van der Waals surface area contributed by atoms with Crippen LogP contribution in [-0.4, -0.2) is 0 Å². The van der Waals surface area contributed by atoms with Crippen molar-refractivity contribution in [1.29, 1.82) is 0 Å². The lowest BCUT2D eigenvalue weighted by Crippen LogP contribution is -2.19. The Morgan fingerprint density at radius 3 is 1.94 bits per heavy atom. The van der Waals surface area contributed by atoms with Gasteiger partial charge in [-0.2, -0.15) is 0 Å². The Bertz CT molecular complexity index is 2560. The quantitative estimate of drug-likeness (QED) is 0.173. The maximum Gasteiger partial charge on any atom is 0.0540 e. The van der Waals surface area contributed by atoms with Gasteiger partial charge in [0.05, 0.1) is 5.69 Å². The Morgan fingerprint density at radius 2 is 1.09 bits per heavy atom. The van der Waals surface area contributed by atoms with E-state index in [2.05, 4.69) is 183 Å². The molecular formula is C53H45N. The maximum absolute atomic E-state index is 2.56. The van der Waals surface area contributed by atoms with Gasteiger partial charge < -0.3 is 4.90 Å². The largest absolute Gasteiger partial charge is 0.310 e. The lowest BCUT2D eigenvalue weighted by Gasteiger charge is -2.34. The third kappa shape index (κ3) is 4.91. The average Bonchev–Trinajstić information content (AvgIpc) is 3.66. The zero-order valence-electron chi connectivity index (χ0n) is 31.2. The summed E-state index contributed by atoms with van der Waals surface area (Å²) in [6.07, 6.45) is 5.47. The highest BCUT2D eigenvalue weighted by Gasteiger charge is 2.44. The van der Waals surface area contributed by atoms with E-state index < -0.39 is 0 Å². The molecule has 0 radical (unpaired) electrons. The van der Waals surface area contributed by atoms with Crippen LogP contribution in [0.5, 0.6) is 0 Å². The van der Waals surface area contributed by atoms with Gasteiger partial charge in [-0.1, -0.05) is 147 Å². The van der Waals surface area contributed by atoms with Crippen LogP contribution in [0.4, 0.5) is 17.1 Å². The second-order valence-corrected chi connectivity index (χ2v) is 16.9. The SMILES string of the molecule is CC1(C)c2ccccc2-c2ccc(N(c3ccc(-c4ccc5c(c4)C4CC6CC(C4)C(C6)c4ccccc4-5)cc3)c3ccccc3-c3ccccc3)cc21. The van der Waals surface area contributed by atoms with Crippen molar-refractivity contribution < 1.29 is 0 Å². The molecule has 2 saturated carbocycles. The molecule has 4 unspecified atom stereocenters. The summed E-state index contributed by atoms with van der Waals surface area (Å²) in [5, 5.41) is 0. The summed E-state index contributed by atoms with van der Waals surface area (Å²) in [6.45, 7) is 4.74. The molecular weight excluding hydrogens is 651 g/mol. The fourth-order valence-corrected chi connectivity index (χ4v) is 11.2. The smallest absolute Gasteiger partial charge is 0.0540 e. The Morgan fingerprint density at radius 1 is 0.444 bits per heavy atom. The zero-order chi connectivity index (χ0) is 36.0. The molecule has 7 aromatic rings. The minimum absolute atomic E-state index is 0.0833. The molecule has 4 aliphatic rings. The van der Waals surface area contributed by atoms with Gasteiger partial charge in [0.1, 0.15) is 0 Å². The van der Waals surface area contributed by atoms with Gasteiger partial charge in [0.15, 0.2) is 0 Å². The van der Waals surface area contributed by atoms with E-state index in [-0.39, 0.29) is 5.41 Å². The summed E-state index contributed by atoms with van der Waals surface area (Å²) in [7, 11) is 0. The highest BCUT2D eigenvalue weighted by atomic mass is 15.1. The molecule has 54 heavy (non-hydrogen) atoms. The number of nitrogens with zero attached hydrogens (tertiary/aromatic N) is 1. The van der Waals surface area contributed by atoms with Crippen LogP contribution in [0.15, 0.2) is 164 Å². The summed E-state index contributed by atoms with van der Waals surface area (Å²) < 4.78 is 0. The van der Waals surface area contributed by atoms with Crippen LogP contribution in [0.3, 0.4) is 0 Å². The first-order valence-electron chi connectivity index (χ1n) is 20.0. The highest BCUT2D eigenvalue weighted by molar-refractivity contribution is 5.91.